The van der Waals surface area contributed by atoms with Crippen LogP contribution in [0.4, 0.5) is 0 Å². The highest BCUT2D eigenvalue weighted by Crippen LogP contribution is 1.74. The summed E-state index contributed by atoms with van der Waals surface area (Å²) >= 11 is 0. The fourth-order valence-corrected chi connectivity index (χ4v) is 0.0729. The van der Waals surface area contributed by atoms with Crippen LogP contribution in [0, 0.1) is 11.5 Å². The minimum absolute atomic E-state index is 1.16. The van der Waals surface area contributed by atoms with E-state index in [1.54, 1.807) is 0 Å². The summed E-state index contributed by atoms with van der Waals surface area (Å²) in [7, 11) is 2.70. The van der Waals surface area contributed by atoms with Crippen molar-refractivity contribution in [3.63, 3.8) is 0 Å². The topological polar surface area (TPSA) is 62.5 Å². The first-order valence-electron chi connectivity index (χ1n) is 1.39. The molecule has 0 fully saturated rings. The molecule has 6 heteroatoms. The highest BCUT2D eigenvalue weighted by Gasteiger charge is 2.11. The zero-order valence-corrected chi connectivity index (χ0v) is 3.37. The van der Waals surface area contributed by atoms with Crippen LogP contribution in [0.15, 0.2) is 0 Å². The van der Waals surface area contributed by atoms with Gasteiger partial charge in [0.2, 0.25) is 0 Å². The van der Waals surface area contributed by atoms with E-state index in [2.05, 4.69) is 17.3 Å². The van der Waals surface area contributed by atoms with Crippen molar-refractivity contribution < 1.29 is 14.3 Å². The quantitative estimate of drug-likeness (QED) is 0.338. The largest absolute Gasteiger partial charge is 0.704 e. The van der Waals surface area contributed by atoms with Crippen LogP contribution in [0.25, 0.3) is 0 Å². The fraction of sp³-hybridized carbons (Fsp3) is 0. The SMILES string of the molecule is [B]OB(O)OC#N. The maximum Gasteiger partial charge on any atom is 0.704 e. The number of rotatable bonds is 2. The predicted molar refractivity (Wildman–Crippen MR) is 21.5 cm³/mol. The lowest BCUT2D eigenvalue weighted by Gasteiger charge is -1.93. The molecular formula is CHB2NO3. The van der Waals surface area contributed by atoms with Crippen molar-refractivity contribution >= 4 is 15.4 Å². The summed E-state index contributed by atoms with van der Waals surface area (Å²) in [6.45, 7) is 0. The van der Waals surface area contributed by atoms with Gasteiger partial charge in [-0.2, -0.15) is 5.26 Å². The van der Waals surface area contributed by atoms with E-state index in [0.717, 1.165) is 6.26 Å². The van der Waals surface area contributed by atoms with Crippen molar-refractivity contribution in [3.8, 4) is 6.26 Å². The summed E-state index contributed by atoms with van der Waals surface area (Å²) in [6, 6.07) is 0. The number of nitrogens with zero attached hydrogens (tertiary/aromatic N) is 1. The highest BCUT2D eigenvalue weighted by molar-refractivity contribution is 6.40. The molecule has 1 N–H and O–H groups in total. The van der Waals surface area contributed by atoms with Gasteiger partial charge in [0.15, 0.2) is 0 Å². The summed E-state index contributed by atoms with van der Waals surface area (Å²) in [6.07, 6.45) is 1.16. The van der Waals surface area contributed by atoms with Crippen LogP contribution in [0.2, 0.25) is 0 Å². The zero-order valence-electron chi connectivity index (χ0n) is 3.37. The molecule has 7 heavy (non-hydrogen) atoms. The van der Waals surface area contributed by atoms with Crippen molar-refractivity contribution in [2.75, 3.05) is 0 Å². The Bertz CT molecular complexity index is 79.5. The van der Waals surface area contributed by atoms with E-state index < -0.39 is 7.32 Å². The molecule has 0 aromatic carbocycles. The molecule has 0 aliphatic rings. The van der Waals surface area contributed by atoms with Crippen LogP contribution in [0.3, 0.4) is 0 Å². The van der Waals surface area contributed by atoms with Gasteiger partial charge in [0.05, 0.1) is 0 Å². The minimum Gasteiger partial charge on any atom is -0.446 e. The van der Waals surface area contributed by atoms with Gasteiger partial charge in [-0.05, 0) is 0 Å². The Labute approximate surface area is 42.3 Å². The average molecular weight is 96.6 g/mol. The highest BCUT2D eigenvalue weighted by atomic mass is 16.7. The van der Waals surface area contributed by atoms with Crippen LogP contribution < -0.4 is 0 Å². The van der Waals surface area contributed by atoms with Gasteiger partial charge in [-0.25, -0.2) is 0 Å². The standard InChI is InChI=1S/CHB2NO3/c2-7-3(5)6-1-4/h5H. The summed E-state index contributed by atoms with van der Waals surface area (Å²) in [5.74, 6) is 0. The molecule has 4 nitrogen and oxygen atoms in total. The van der Waals surface area contributed by atoms with Gasteiger partial charge in [0.25, 0.3) is 14.3 Å². The van der Waals surface area contributed by atoms with E-state index in [9.17, 15) is 0 Å². The molecule has 0 spiro atoms. The van der Waals surface area contributed by atoms with Crippen LogP contribution in [-0.2, 0) is 9.23 Å². The Kier molecular flexibility index (Phi) is 3.19. The smallest absolute Gasteiger partial charge is 0.446 e. The summed E-state index contributed by atoms with van der Waals surface area (Å²) < 4.78 is 7.31. The fourth-order valence-electron chi connectivity index (χ4n) is 0.0729. The van der Waals surface area contributed by atoms with Gasteiger partial charge in [-0.3, -0.25) is 0 Å². The molecule has 0 heterocycles. The molecular weight excluding hydrogens is 95.6 g/mol. The predicted octanol–water partition coefficient (Wildman–Crippen LogP) is -1.44. The van der Waals surface area contributed by atoms with Crippen molar-refractivity contribution in [3.05, 3.63) is 0 Å². The molecule has 0 aliphatic heterocycles. The summed E-state index contributed by atoms with van der Waals surface area (Å²) in [5.41, 5.74) is 0. The zero-order chi connectivity index (χ0) is 5.70. The molecule has 0 bridgehead atoms. The Morgan fingerprint density at radius 1 is 1.86 bits per heavy atom. The van der Waals surface area contributed by atoms with Crippen LogP contribution >= 0.6 is 0 Å². The molecule has 0 aliphatic carbocycles. The Hall–Kier alpha value is -0.660. The first-order valence-corrected chi connectivity index (χ1v) is 1.39. The molecule has 0 saturated carbocycles. The Morgan fingerprint density at radius 2 is 2.43 bits per heavy atom. The van der Waals surface area contributed by atoms with E-state index in [1.165, 1.54) is 0 Å². The molecule has 34 valence electrons. The molecule has 2 radical (unpaired) electrons. The molecule has 0 saturated heterocycles. The lowest BCUT2D eigenvalue weighted by atomic mass is 10.2. The first kappa shape index (κ1) is 6.34. The molecule has 0 rings (SSSR count). The van der Waals surface area contributed by atoms with Crippen LogP contribution in [-0.4, -0.2) is 20.4 Å². The number of hydrogen-bond acceptors (Lipinski definition) is 4. The maximum atomic E-state index is 8.07. The van der Waals surface area contributed by atoms with Crippen molar-refractivity contribution in [2.24, 2.45) is 0 Å². The number of nitriles is 1. The van der Waals surface area contributed by atoms with Gasteiger partial charge in [-0.1, -0.05) is 0 Å². The van der Waals surface area contributed by atoms with E-state index in [1.807, 2.05) is 0 Å². The van der Waals surface area contributed by atoms with Crippen LogP contribution in [0.5, 0.6) is 0 Å². The molecule has 0 unspecified atom stereocenters. The summed E-state index contributed by atoms with van der Waals surface area (Å²) in [5, 5.41) is 15.7. The van der Waals surface area contributed by atoms with E-state index in [0.29, 0.717) is 0 Å². The third kappa shape index (κ3) is 3.16. The van der Waals surface area contributed by atoms with Gasteiger partial charge < -0.3 is 14.3 Å². The van der Waals surface area contributed by atoms with Crippen LogP contribution in [0.1, 0.15) is 0 Å². The number of hydrogen-bond donors (Lipinski definition) is 1. The minimum atomic E-state index is -1.63. The van der Waals surface area contributed by atoms with Crippen molar-refractivity contribution in [1.29, 1.82) is 5.26 Å². The molecule has 0 amide bonds. The second-order valence-corrected chi connectivity index (χ2v) is 0.652. The summed E-state index contributed by atoms with van der Waals surface area (Å²) in [4.78, 5) is 0. The normalized spacial score (nSPS) is 6.86. The molecule has 0 atom stereocenters. The van der Waals surface area contributed by atoms with Gasteiger partial charge in [0.1, 0.15) is 0 Å². The Morgan fingerprint density at radius 3 is 2.57 bits per heavy atom. The Balaban J connectivity index is 3.03. The van der Waals surface area contributed by atoms with Crippen molar-refractivity contribution in [1.82, 2.24) is 0 Å². The van der Waals surface area contributed by atoms with Gasteiger partial charge in [0, 0.05) is 0 Å². The van der Waals surface area contributed by atoms with Gasteiger partial charge in [-0.15, -0.1) is 0 Å². The van der Waals surface area contributed by atoms with Gasteiger partial charge >= 0.3 is 7.32 Å². The second-order valence-electron chi connectivity index (χ2n) is 0.652. The monoisotopic (exact) mass is 97.0 g/mol. The third-order valence-corrected chi connectivity index (χ3v) is 0.270. The lowest BCUT2D eigenvalue weighted by Crippen LogP contribution is -2.17. The third-order valence-electron chi connectivity index (χ3n) is 0.270. The van der Waals surface area contributed by atoms with E-state index in [4.69, 9.17) is 10.3 Å². The first-order chi connectivity index (χ1) is 3.31. The van der Waals surface area contributed by atoms with E-state index in [-0.39, 0.29) is 0 Å². The van der Waals surface area contributed by atoms with Crippen molar-refractivity contribution in [2.45, 2.75) is 0 Å². The maximum absolute atomic E-state index is 8.07. The lowest BCUT2D eigenvalue weighted by molar-refractivity contribution is 0.287. The van der Waals surface area contributed by atoms with E-state index >= 15 is 0 Å². The molecule has 0 aromatic heterocycles. The average Bonchev–Trinajstić information content (AvgIpc) is 1.68. The second kappa shape index (κ2) is 3.53. The molecule has 0 aromatic rings.